The summed E-state index contributed by atoms with van der Waals surface area (Å²) in [6.45, 7) is 2.30. The summed E-state index contributed by atoms with van der Waals surface area (Å²) in [5.41, 5.74) is 0. The Morgan fingerprint density at radius 2 is 1.75 bits per heavy atom. The Labute approximate surface area is 119 Å². The normalized spacial score (nSPS) is 11.4. The second-order valence-corrected chi connectivity index (χ2v) is 5.98. The number of sulfonamides is 1. The summed E-state index contributed by atoms with van der Waals surface area (Å²) >= 11 is 0. The zero-order valence-corrected chi connectivity index (χ0v) is 12.7. The van der Waals surface area contributed by atoms with Gasteiger partial charge in [-0.1, -0.05) is 19.8 Å². The first-order valence-corrected chi connectivity index (χ1v) is 7.85. The summed E-state index contributed by atoms with van der Waals surface area (Å²) in [6.07, 6.45) is 2.61. The summed E-state index contributed by atoms with van der Waals surface area (Å²) in [5, 5.41) is 0. The maximum Gasteiger partial charge on any atom is 0.243 e. The Kier molecular flexibility index (Phi) is 6.22. The molecule has 0 aliphatic carbocycles. The van der Waals surface area contributed by atoms with Crippen LogP contribution in [0.3, 0.4) is 0 Å². The van der Waals surface area contributed by atoms with Gasteiger partial charge in [0.25, 0.3) is 0 Å². The number of ether oxygens (including phenoxy) is 2. The number of methoxy groups -OCH3 is 2. The fourth-order valence-corrected chi connectivity index (χ4v) is 2.85. The Bertz CT molecular complexity index is 546. The van der Waals surface area contributed by atoms with Crippen LogP contribution in [0.4, 0.5) is 4.39 Å². The number of nitrogens with one attached hydrogen (secondary N) is 1. The van der Waals surface area contributed by atoms with Gasteiger partial charge in [-0.3, -0.25) is 0 Å². The van der Waals surface area contributed by atoms with Crippen molar-refractivity contribution in [3.05, 3.63) is 17.9 Å². The van der Waals surface area contributed by atoms with Crippen molar-refractivity contribution in [3.8, 4) is 11.5 Å². The van der Waals surface area contributed by atoms with E-state index in [4.69, 9.17) is 9.47 Å². The minimum Gasteiger partial charge on any atom is -0.493 e. The van der Waals surface area contributed by atoms with Gasteiger partial charge in [0.2, 0.25) is 10.0 Å². The van der Waals surface area contributed by atoms with E-state index in [1.807, 2.05) is 6.92 Å². The van der Waals surface area contributed by atoms with Gasteiger partial charge in [-0.05, 0) is 6.42 Å². The smallest absolute Gasteiger partial charge is 0.243 e. The lowest BCUT2D eigenvalue weighted by Crippen LogP contribution is -2.25. The maximum absolute atomic E-state index is 13.9. The largest absolute Gasteiger partial charge is 0.493 e. The highest BCUT2D eigenvalue weighted by molar-refractivity contribution is 7.89. The van der Waals surface area contributed by atoms with E-state index < -0.39 is 20.7 Å². The molecule has 0 saturated carbocycles. The Morgan fingerprint density at radius 3 is 2.30 bits per heavy atom. The third kappa shape index (κ3) is 4.08. The number of benzene rings is 1. The van der Waals surface area contributed by atoms with Crippen molar-refractivity contribution in [1.82, 2.24) is 4.72 Å². The van der Waals surface area contributed by atoms with Crippen molar-refractivity contribution in [2.24, 2.45) is 0 Å². The highest BCUT2D eigenvalue weighted by Gasteiger charge is 2.22. The molecule has 0 radical (unpaired) electrons. The molecular formula is C13H20FNO4S. The number of hydrogen-bond acceptors (Lipinski definition) is 4. The molecule has 7 heteroatoms. The Balaban J connectivity index is 2.99. The molecule has 0 fully saturated rings. The summed E-state index contributed by atoms with van der Waals surface area (Å²) < 4.78 is 50.2. The molecule has 0 spiro atoms. The van der Waals surface area contributed by atoms with Crippen LogP contribution < -0.4 is 14.2 Å². The van der Waals surface area contributed by atoms with Crippen LogP contribution in [0.5, 0.6) is 11.5 Å². The second kappa shape index (κ2) is 7.44. The summed E-state index contributed by atoms with van der Waals surface area (Å²) in [4.78, 5) is -0.438. The maximum atomic E-state index is 13.9. The molecule has 5 nitrogen and oxygen atoms in total. The van der Waals surface area contributed by atoms with E-state index in [-0.39, 0.29) is 18.0 Å². The second-order valence-electron chi connectivity index (χ2n) is 4.24. The molecule has 0 bridgehead atoms. The van der Waals surface area contributed by atoms with Gasteiger partial charge in [0.1, 0.15) is 10.7 Å². The summed E-state index contributed by atoms with van der Waals surface area (Å²) in [7, 11) is -1.17. The van der Waals surface area contributed by atoms with Crippen LogP contribution in [-0.4, -0.2) is 29.2 Å². The van der Waals surface area contributed by atoms with Crippen LogP contribution in [0.1, 0.15) is 26.2 Å². The summed E-state index contributed by atoms with van der Waals surface area (Å²) in [6, 6.07) is 2.12. The van der Waals surface area contributed by atoms with Gasteiger partial charge in [-0.25, -0.2) is 17.5 Å². The summed E-state index contributed by atoms with van der Waals surface area (Å²) in [5.74, 6) is -0.552. The van der Waals surface area contributed by atoms with Crippen LogP contribution in [0.15, 0.2) is 17.0 Å². The number of unbranched alkanes of at least 4 members (excludes halogenated alkanes) is 2. The van der Waals surface area contributed by atoms with Crippen LogP contribution in [0, 0.1) is 5.82 Å². The van der Waals surface area contributed by atoms with Crippen molar-refractivity contribution in [3.63, 3.8) is 0 Å². The third-order valence-corrected chi connectivity index (χ3v) is 4.28. The van der Waals surface area contributed by atoms with Crippen molar-refractivity contribution in [2.45, 2.75) is 31.1 Å². The minimum absolute atomic E-state index is 0.148. The van der Waals surface area contributed by atoms with Gasteiger partial charge in [-0.2, -0.15) is 0 Å². The third-order valence-electron chi connectivity index (χ3n) is 2.80. The molecule has 0 aromatic heterocycles. The molecule has 0 amide bonds. The molecule has 20 heavy (non-hydrogen) atoms. The zero-order chi connectivity index (χ0) is 15.2. The van der Waals surface area contributed by atoms with Gasteiger partial charge < -0.3 is 9.47 Å². The van der Waals surface area contributed by atoms with Crippen molar-refractivity contribution < 1.29 is 22.3 Å². The van der Waals surface area contributed by atoms with Crippen molar-refractivity contribution in [1.29, 1.82) is 0 Å². The van der Waals surface area contributed by atoms with Gasteiger partial charge in [0.15, 0.2) is 11.5 Å². The molecule has 0 atom stereocenters. The SMILES string of the molecule is CCCCCNS(=O)(=O)c1cc(OC)c(OC)cc1F. The number of halogens is 1. The number of rotatable bonds is 8. The van der Waals surface area contributed by atoms with Crippen LogP contribution >= 0.6 is 0 Å². The predicted octanol–water partition coefficient (Wildman–Crippen LogP) is 2.31. The van der Waals surface area contributed by atoms with E-state index >= 15 is 0 Å². The van der Waals surface area contributed by atoms with E-state index in [0.29, 0.717) is 6.42 Å². The molecular weight excluding hydrogens is 285 g/mol. The first-order chi connectivity index (χ1) is 9.46. The van der Waals surface area contributed by atoms with E-state index in [1.165, 1.54) is 14.2 Å². The average molecular weight is 305 g/mol. The van der Waals surface area contributed by atoms with Gasteiger partial charge >= 0.3 is 0 Å². The zero-order valence-electron chi connectivity index (χ0n) is 11.9. The van der Waals surface area contributed by atoms with E-state index in [1.54, 1.807) is 0 Å². The highest BCUT2D eigenvalue weighted by Crippen LogP contribution is 2.31. The lowest BCUT2D eigenvalue weighted by molar-refractivity contribution is 0.350. The van der Waals surface area contributed by atoms with Crippen LogP contribution in [0.2, 0.25) is 0 Å². The first kappa shape index (κ1) is 16.7. The van der Waals surface area contributed by atoms with Crippen LogP contribution in [0.25, 0.3) is 0 Å². The Hall–Kier alpha value is -1.34. The predicted molar refractivity (Wildman–Crippen MR) is 74.2 cm³/mol. The van der Waals surface area contributed by atoms with Crippen molar-refractivity contribution >= 4 is 10.0 Å². The molecule has 1 rings (SSSR count). The topological polar surface area (TPSA) is 64.6 Å². The van der Waals surface area contributed by atoms with E-state index in [2.05, 4.69) is 4.72 Å². The van der Waals surface area contributed by atoms with E-state index in [9.17, 15) is 12.8 Å². The molecule has 114 valence electrons. The molecule has 0 unspecified atom stereocenters. The molecule has 1 aromatic rings. The van der Waals surface area contributed by atoms with Gasteiger partial charge in [-0.15, -0.1) is 0 Å². The minimum atomic E-state index is -3.89. The van der Waals surface area contributed by atoms with Gasteiger partial charge in [0.05, 0.1) is 14.2 Å². The lowest BCUT2D eigenvalue weighted by Gasteiger charge is -2.12. The average Bonchev–Trinajstić information content (AvgIpc) is 2.43. The van der Waals surface area contributed by atoms with Crippen molar-refractivity contribution in [2.75, 3.05) is 20.8 Å². The standard InChI is InChI=1S/C13H20FNO4S/c1-4-5-6-7-15-20(16,17)13-9-12(19-3)11(18-2)8-10(13)14/h8-9,15H,4-7H2,1-3H3. The molecule has 0 saturated heterocycles. The van der Waals surface area contributed by atoms with Gasteiger partial charge in [0, 0.05) is 18.7 Å². The lowest BCUT2D eigenvalue weighted by atomic mass is 10.3. The fourth-order valence-electron chi connectivity index (χ4n) is 1.70. The molecule has 1 aromatic carbocycles. The monoisotopic (exact) mass is 305 g/mol. The molecule has 0 aliphatic heterocycles. The quantitative estimate of drug-likeness (QED) is 0.749. The Morgan fingerprint density at radius 1 is 1.15 bits per heavy atom. The first-order valence-electron chi connectivity index (χ1n) is 6.37. The highest BCUT2D eigenvalue weighted by atomic mass is 32.2. The molecule has 0 aliphatic rings. The van der Waals surface area contributed by atoms with Crippen LogP contribution in [-0.2, 0) is 10.0 Å². The fraction of sp³-hybridized carbons (Fsp3) is 0.538. The van der Waals surface area contributed by atoms with E-state index in [0.717, 1.165) is 25.0 Å². The number of hydrogen-bond donors (Lipinski definition) is 1. The molecule has 0 heterocycles. The molecule has 1 N–H and O–H groups in total.